The van der Waals surface area contributed by atoms with Gasteiger partial charge in [0.2, 0.25) is 5.91 Å². The van der Waals surface area contributed by atoms with Crippen molar-refractivity contribution in [3.63, 3.8) is 0 Å². The van der Waals surface area contributed by atoms with E-state index < -0.39 is 6.04 Å². The quantitative estimate of drug-likeness (QED) is 0.338. The minimum Gasteiger partial charge on any atom is -0.495 e. The van der Waals surface area contributed by atoms with Crippen LogP contribution < -0.4 is 15.4 Å². The highest BCUT2D eigenvalue weighted by atomic mass is 35.5. The van der Waals surface area contributed by atoms with Crippen LogP contribution in [0.1, 0.15) is 42.5 Å². The molecule has 1 atom stereocenters. The van der Waals surface area contributed by atoms with Gasteiger partial charge in [-0.25, -0.2) is 0 Å². The Morgan fingerprint density at radius 1 is 1.14 bits per heavy atom. The summed E-state index contributed by atoms with van der Waals surface area (Å²) in [5.41, 5.74) is 0.925. The summed E-state index contributed by atoms with van der Waals surface area (Å²) in [6.45, 7) is 4.12. The first-order valence-corrected chi connectivity index (χ1v) is 12.6. The molecule has 0 radical (unpaired) electrons. The molecule has 0 bridgehead atoms. The number of hydrogen-bond donors (Lipinski definition) is 2. The highest BCUT2D eigenvalue weighted by Gasteiger charge is 2.24. The lowest BCUT2D eigenvalue weighted by Gasteiger charge is -2.20. The van der Waals surface area contributed by atoms with Crippen LogP contribution in [-0.2, 0) is 11.8 Å². The van der Waals surface area contributed by atoms with Crippen molar-refractivity contribution in [1.29, 1.82) is 0 Å². The molecule has 0 saturated heterocycles. The van der Waals surface area contributed by atoms with Crippen LogP contribution in [0.15, 0.2) is 47.6 Å². The lowest BCUT2D eigenvalue weighted by molar-refractivity contribution is -0.113. The van der Waals surface area contributed by atoms with Crippen LogP contribution in [0.4, 0.5) is 5.69 Å². The molecule has 2 aromatic carbocycles. The summed E-state index contributed by atoms with van der Waals surface area (Å²) < 4.78 is 7.06. The first kappa shape index (κ1) is 26.8. The molecule has 8 nitrogen and oxygen atoms in total. The smallest absolute Gasteiger partial charge is 0.253 e. The third-order valence-electron chi connectivity index (χ3n) is 5.08. The van der Waals surface area contributed by atoms with Gasteiger partial charge in [-0.15, -0.1) is 10.2 Å². The summed E-state index contributed by atoms with van der Waals surface area (Å²) in [7, 11) is 3.36. The van der Waals surface area contributed by atoms with E-state index in [-0.39, 0.29) is 28.5 Å². The maximum atomic E-state index is 12.9. The third-order valence-corrected chi connectivity index (χ3v) is 6.65. The van der Waals surface area contributed by atoms with Crippen LogP contribution in [0.5, 0.6) is 5.75 Å². The number of nitrogens with zero attached hydrogens (tertiary/aromatic N) is 3. The van der Waals surface area contributed by atoms with Gasteiger partial charge in [-0.1, -0.05) is 60.9 Å². The van der Waals surface area contributed by atoms with Crippen molar-refractivity contribution >= 4 is 52.5 Å². The second-order valence-corrected chi connectivity index (χ2v) is 10.0. The molecule has 0 fully saturated rings. The summed E-state index contributed by atoms with van der Waals surface area (Å²) in [4.78, 5) is 25.4. The van der Waals surface area contributed by atoms with Gasteiger partial charge in [-0.2, -0.15) is 0 Å². The van der Waals surface area contributed by atoms with E-state index in [2.05, 4.69) is 34.7 Å². The second-order valence-electron chi connectivity index (χ2n) is 8.22. The number of ether oxygens (including phenoxy) is 1. The van der Waals surface area contributed by atoms with Gasteiger partial charge in [0, 0.05) is 12.1 Å². The summed E-state index contributed by atoms with van der Waals surface area (Å²) in [6.07, 6.45) is 0.641. The zero-order valence-electron chi connectivity index (χ0n) is 19.8. The van der Waals surface area contributed by atoms with Crippen molar-refractivity contribution in [2.75, 3.05) is 18.2 Å². The Hall–Kier alpha value is -2.75. The first-order chi connectivity index (χ1) is 16.7. The summed E-state index contributed by atoms with van der Waals surface area (Å²) in [5.74, 6) is 1.05. The lowest BCUT2D eigenvalue weighted by Crippen LogP contribution is -2.31. The number of carbonyl (C=O) groups excluding carboxylic acids is 2. The molecule has 11 heteroatoms. The number of anilines is 1. The molecule has 3 aromatic rings. The topological polar surface area (TPSA) is 98.1 Å². The maximum absolute atomic E-state index is 12.9. The summed E-state index contributed by atoms with van der Waals surface area (Å²) in [6, 6.07) is 11.5. The van der Waals surface area contributed by atoms with Gasteiger partial charge >= 0.3 is 0 Å². The highest BCUT2D eigenvalue weighted by Crippen LogP contribution is 2.27. The highest BCUT2D eigenvalue weighted by molar-refractivity contribution is 7.99. The standard InChI is InChI=1S/C24H27Cl2N5O3S/c1-14(2)11-19(28-23(33)16-10-9-15(25)12-17(16)26)22-29-30-24(31(22)3)35-13-21(32)27-18-7-5-6-8-20(18)34-4/h5-10,12,14,19H,11,13H2,1-4H3,(H,27,32)(H,28,33)/t19-/m1/s1. The van der Waals surface area contributed by atoms with Gasteiger partial charge in [0.05, 0.1) is 35.2 Å². The van der Waals surface area contributed by atoms with Crippen LogP contribution in [0.25, 0.3) is 0 Å². The predicted molar refractivity (Wildman–Crippen MR) is 139 cm³/mol. The monoisotopic (exact) mass is 535 g/mol. The van der Waals surface area contributed by atoms with Gasteiger partial charge in [0.1, 0.15) is 5.75 Å². The Labute approximate surface area is 218 Å². The van der Waals surface area contributed by atoms with Crippen molar-refractivity contribution in [1.82, 2.24) is 20.1 Å². The number of para-hydroxylation sites is 2. The number of halogens is 2. The molecule has 0 spiro atoms. The van der Waals surface area contributed by atoms with Gasteiger partial charge in [-0.05, 0) is 42.7 Å². The molecule has 0 aliphatic rings. The third kappa shape index (κ3) is 7.13. The van der Waals surface area contributed by atoms with E-state index in [1.54, 1.807) is 35.9 Å². The minimum absolute atomic E-state index is 0.131. The van der Waals surface area contributed by atoms with Crippen molar-refractivity contribution in [3.05, 3.63) is 63.9 Å². The summed E-state index contributed by atoms with van der Waals surface area (Å²) >= 11 is 13.4. The Balaban J connectivity index is 1.70. The van der Waals surface area contributed by atoms with E-state index in [4.69, 9.17) is 27.9 Å². The van der Waals surface area contributed by atoms with Crippen molar-refractivity contribution in [3.8, 4) is 5.75 Å². The number of nitrogens with one attached hydrogen (secondary N) is 2. The second kappa shape index (κ2) is 12.3. The molecule has 35 heavy (non-hydrogen) atoms. The fourth-order valence-corrected chi connectivity index (χ4v) is 4.64. The normalized spacial score (nSPS) is 11.9. The molecule has 2 N–H and O–H groups in total. The number of rotatable bonds is 10. The number of hydrogen-bond acceptors (Lipinski definition) is 6. The Morgan fingerprint density at radius 3 is 2.57 bits per heavy atom. The number of carbonyl (C=O) groups is 2. The summed E-state index contributed by atoms with van der Waals surface area (Å²) in [5, 5.41) is 15.7. The minimum atomic E-state index is -0.400. The van der Waals surface area contributed by atoms with Gasteiger partial charge < -0.3 is 19.9 Å². The molecule has 186 valence electrons. The van der Waals surface area contributed by atoms with E-state index >= 15 is 0 Å². The maximum Gasteiger partial charge on any atom is 0.253 e. The van der Waals surface area contributed by atoms with Crippen molar-refractivity contribution in [2.45, 2.75) is 31.5 Å². The molecule has 0 aliphatic heterocycles. The van der Waals surface area contributed by atoms with E-state index in [0.29, 0.717) is 39.4 Å². The molecule has 2 amide bonds. The van der Waals surface area contributed by atoms with E-state index in [1.807, 2.05) is 19.2 Å². The predicted octanol–water partition coefficient (Wildman–Crippen LogP) is 5.38. The van der Waals surface area contributed by atoms with Crippen LogP contribution in [-0.4, -0.2) is 39.4 Å². The van der Waals surface area contributed by atoms with Crippen molar-refractivity contribution in [2.24, 2.45) is 13.0 Å². The average molecular weight is 536 g/mol. The zero-order valence-corrected chi connectivity index (χ0v) is 22.2. The Bertz CT molecular complexity index is 1200. The Kier molecular flexibility index (Phi) is 9.42. The molecule has 3 rings (SSSR count). The number of aromatic nitrogens is 3. The lowest BCUT2D eigenvalue weighted by atomic mass is 10.0. The molecule has 1 heterocycles. The van der Waals surface area contributed by atoms with Crippen LogP contribution in [0, 0.1) is 5.92 Å². The van der Waals surface area contributed by atoms with Crippen molar-refractivity contribution < 1.29 is 14.3 Å². The van der Waals surface area contributed by atoms with Gasteiger partial charge in [-0.3, -0.25) is 9.59 Å². The number of benzene rings is 2. The molecule has 1 aromatic heterocycles. The van der Waals surface area contributed by atoms with Crippen LogP contribution in [0.2, 0.25) is 10.0 Å². The van der Waals surface area contributed by atoms with Crippen LogP contribution in [0.3, 0.4) is 0 Å². The van der Waals surface area contributed by atoms with Crippen LogP contribution >= 0.6 is 35.0 Å². The van der Waals surface area contributed by atoms with Gasteiger partial charge in [0.25, 0.3) is 5.91 Å². The molecular formula is C24H27Cl2N5O3S. The largest absolute Gasteiger partial charge is 0.495 e. The van der Waals surface area contributed by atoms with E-state index in [0.717, 1.165) is 0 Å². The average Bonchev–Trinajstić information content (AvgIpc) is 3.17. The molecular weight excluding hydrogens is 509 g/mol. The van der Waals surface area contributed by atoms with E-state index in [9.17, 15) is 9.59 Å². The molecule has 0 aliphatic carbocycles. The number of amides is 2. The fraction of sp³-hybridized carbons (Fsp3) is 0.333. The van der Waals surface area contributed by atoms with Gasteiger partial charge in [0.15, 0.2) is 11.0 Å². The molecule has 0 unspecified atom stereocenters. The number of methoxy groups -OCH3 is 1. The SMILES string of the molecule is COc1ccccc1NC(=O)CSc1nnc([C@@H](CC(C)C)NC(=O)c2ccc(Cl)cc2Cl)n1C. The van der Waals surface area contributed by atoms with E-state index in [1.165, 1.54) is 17.8 Å². The Morgan fingerprint density at radius 2 is 1.89 bits per heavy atom. The zero-order chi connectivity index (χ0) is 25.5. The first-order valence-electron chi connectivity index (χ1n) is 10.9. The number of thioether (sulfide) groups is 1. The molecule has 0 saturated carbocycles. The fourth-order valence-electron chi connectivity index (χ4n) is 3.43.